The summed E-state index contributed by atoms with van der Waals surface area (Å²) >= 11 is 0. The number of rotatable bonds is 7. The van der Waals surface area contributed by atoms with E-state index in [1.807, 2.05) is 0 Å². The third kappa shape index (κ3) is 5.59. The third-order valence-corrected chi connectivity index (χ3v) is 2.36. The Bertz CT molecular complexity index is 450. The van der Waals surface area contributed by atoms with Crippen molar-refractivity contribution in [3.63, 3.8) is 0 Å². The summed E-state index contributed by atoms with van der Waals surface area (Å²) in [7, 11) is 0. The van der Waals surface area contributed by atoms with Gasteiger partial charge in [0.15, 0.2) is 0 Å². The summed E-state index contributed by atoms with van der Waals surface area (Å²) < 4.78 is 0. The van der Waals surface area contributed by atoms with E-state index in [9.17, 15) is 9.59 Å². The second-order valence-corrected chi connectivity index (χ2v) is 3.84. The van der Waals surface area contributed by atoms with Crippen LogP contribution in [0, 0.1) is 12.3 Å². The lowest BCUT2D eigenvalue weighted by Crippen LogP contribution is -2.46. The second kappa shape index (κ2) is 7.76. The topological polar surface area (TPSA) is 107 Å². The third-order valence-electron chi connectivity index (χ3n) is 2.36. The molecule has 1 atom stereocenters. The van der Waals surface area contributed by atoms with Gasteiger partial charge >= 0.3 is 12.0 Å². The number of carboxylic acids is 1. The fourth-order valence-corrected chi connectivity index (χ4v) is 1.42. The molecule has 7 heteroatoms. The summed E-state index contributed by atoms with van der Waals surface area (Å²) in [4.78, 5) is 29.2. The number of imidazole rings is 1. The van der Waals surface area contributed by atoms with Crippen LogP contribution in [0.4, 0.5) is 4.79 Å². The normalized spacial score (nSPS) is 11.3. The van der Waals surface area contributed by atoms with Gasteiger partial charge in [0.1, 0.15) is 11.9 Å². The number of nitrogens with zero attached hydrogens (tertiary/aromatic N) is 1. The van der Waals surface area contributed by atoms with Gasteiger partial charge in [-0.15, -0.1) is 12.3 Å². The molecule has 0 saturated carbocycles. The monoisotopic (exact) mass is 264 g/mol. The molecule has 0 fully saturated rings. The van der Waals surface area contributed by atoms with Crippen LogP contribution in [0.5, 0.6) is 0 Å². The van der Waals surface area contributed by atoms with Crippen molar-refractivity contribution in [2.24, 2.45) is 0 Å². The predicted molar refractivity (Wildman–Crippen MR) is 68.3 cm³/mol. The van der Waals surface area contributed by atoms with E-state index in [-0.39, 0.29) is 6.42 Å². The second-order valence-electron chi connectivity index (χ2n) is 3.84. The molecule has 0 aromatic carbocycles. The van der Waals surface area contributed by atoms with Gasteiger partial charge in [0, 0.05) is 31.8 Å². The van der Waals surface area contributed by atoms with Crippen LogP contribution in [-0.4, -0.2) is 39.7 Å². The first-order chi connectivity index (χ1) is 9.13. The van der Waals surface area contributed by atoms with Crippen molar-refractivity contribution in [3.8, 4) is 12.3 Å². The number of H-pyrrole nitrogens is 1. The molecule has 0 spiro atoms. The van der Waals surface area contributed by atoms with Gasteiger partial charge in [-0.3, -0.25) is 0 Å². The van der Waals surface area contributed by atoms with Crippen molar-refractivity contribution in [2.75, 3.05) is 6.54 Å². The Labute approximate surface area is 110 Å². The standard InChI is InChI=1S/C12H16N4O3/c1-2-4-9(11(17)18)16-12(19)15-6-3-5-10-13-7-8-14-10/h1,7-9H,3-6H2,(H,13,14)(H,17,18)(H2,15,16,19). The Hall–Kier alpha value is -2.49. The first-order valence-corrected chi connectivity index (χ1v) is 5.82. The van der Waals surface area contributed by atoms with Crippen molar-refractivity contribution < 1.29 is 14.7 Å². The maximum atomic E-state index is 11.4. The van der Waals surface area contributed by atoms with E-state index in [4.69, 9.17) is 11.5 Å². The predicted octanol–water partition coefficient (Wildman–Crippen LogP) is 0.118. The van der Waals surface area contributed by atoms with Crippen LogP contribution in [0.3, 0.4) is 0 Å². The van der Waals surface area contributed by atoms with Crippen molar-refractivity contribution in [3.05, 3.63) is 18.2 Å². The number of amides is 2. The van der Waals surface area contributed by atoms with Crippen molar-refractivity contribution >= 4 is 12.0 Å². The molecule has 7 nitrogen and oxygen atoms in total. The molecule has 19 heavy (non-hydrogen) atoms. The highest BCUT2D eigenvalue weighted by Gasteiger charge is 2.18. The molecule has 0 radical (unpaired) electrons. The van der Waals surface area contributed by atoms with Gasteiger partial charge in [-0.1, -0.05) is 0 Å². The van der Waals surface area contributed by atoms with Crippen LogP contribution >= 0.6 is 0 Å². The molecule has 1 unspecified atom stereocenters. The highest BCUT2D eigenvalue weighted by molar-refractivity contribution is 5.82. The summed E-state index contributed by atoms with van der Waals surface area (Å²) in [6.45, 7) is 0.426. The molecule has 2 amide bonds. The van der Waals surface area contributed by atoms with Crippen molar-refractivity contribution in [1.82, 2.24) is 20.6 Å². The van der Waals surface area contributed by atoms with E-state index in [0.29, 0.717) is 19.4 Å². The molecule has 0 aliphatic heterocycles. The van der Waals surface area contributed by atoms with Crippen molar-refractivity contribution in [2.45, 2.75) is 25.3 Å². The van der Waals surface area contributed by atoms with Crippen LogP contribution in [0.1, 0.15) is 18.7 Å². The minimum Gasteiger partial charge on any atom is -0.480 e. The lowest BCUT2D eigenvalue weighted by molar-refractivity contribution is -0.139. The van der Waals surface area contributed by atoms with Gasteiger partial charge in [-0.25, -0.2) is 14.6 Å². The zero-order chi connectivity index (χ0) is 14.1. The summed E-state index contributed by atoms with van der Waals surface area (Å²) in [5.41, 5.74) is 0. The quantitative estimate of drug-likeness (QED) is 0.414. The fraction of sp³-hybridized carbons (Fsp3) is 0.417. The molecular weight excluding hydrogens is 248 g/mol. The van der Waals surface area contributed by atoms with Gasteiger partial charge in [0.25, 0.3) is 0 Å². The number of aromatic nitrogens is 2. The first-order valence-electron chi connectivity index (χ1n) is 5.82. The van der Waals surface area contributed by atoms with E-state index >= 15 is 0 Å². The number of terminal acetylenes is 1. The maximum absolute atomic E-state index is 11.4. The molecule has 1 rings (SSSR count). The average Bonchev–Trinajstić information content (AvgIpc) is 2.87. The van der Waals surface area contributed by atoms with Crippen LogP contribution in [0.25, 0.3) is 0 Å². The number of nitrogens with one attached hydrogen (secondary N) is 3. The highest BCUT2D eigenvalue weighted by atomic mass is 16.4. The lowest BCUT2D eigenvalue weighted by atomic mass is 10.2. The van der Waals surface area contributed by atoms with Gasteiger partial charge in [-0.05, 0) is 6.42 Å². The maximum Gasteiger partial charge on any atom is 0.327 e. The highest BCUT2D eigenvalue weighted by Crippen LogP contribution is 1.94. The molecular formula is C12H16N4O3. The zero-order valence-electron chi connectivity index (χ0n) is 10.3. The Kier molecular flexibility index (Phi) is 5.95. The fourth-order valence-electron chi connectivity index (χ4n) is 1.42. The summed E-state index contributed by atoms with van der Waals surface area (Å²) in [6.07, 6.45) is 9.78. The average molecular weight is 264 g/mol. The first kappa shape index (κ1) is 14.6. The summed E-state index contributed by atoms with van der Waals surface area (Å²) in [5.74, 6) is 1.90. The van der Waals surface area contributed by atoms with E-state index in [1.54, 1.807) is 12.4 Å². The number of urea groups is 1. The zero-order valence-corrected chi connectivity index (χ0v) is 10.3. The Morgan fingerprint density at radius 1 is 1.58 bits per heavy atom. The smallest absolute Gasteiger partial charge is 0.327 e. The molecule has 4 N–H and O–H groups in total. The number of hydrogen-bond acceptors (Lipinski definition) is 3. The number of carboxylic acid groups (broad SMARTS) is 1. The molecule has 102 valence electrons. The number of aliphatic carboxylic acids is 1. The van der Waals surface area contributed by atoms with Gasteiger partial charge in [0.2, 0.25) is 0 Å². The van der Waals surface area contributed by atoms with Crippen LogP contribution in [0.15, 0.2) is 12.4 Å². The van der Waals surface area contributed by atoms with E-state index < -0.39 is 18.0 Å². The van der Waals surface area contributed by atoms with E-state index in [0.717, 1.165) is 5.82 Å². The van der Waals surface area contributed by atoms with Gasteiger partial charge < -0.3 is 20.7 Å². The number of hydrogen-bond donors (Lipinski definition) is 4. The summed E-state index contributed by atoms with van der Waals surface area (Å²) in [5, 5.41) is 13.7. The largest absolute Gasteiger partial charge is 0.480 e. The molecule has 0 aliphatic rings. The number of carbonyl (C=O) groups is 2. The number of carbonyl (C=O) groups excluding carboxylic acids is 1. The molecule has 0 saturated heterocycles. The van der Waals surface area contributed by atoms with Gasteiger partial charge in [0.05, 0.1) is 0 Å². The van der Waals surface area contributed by atoms with Crippen LogP contribution < -0.4 is 10.6 Å². The van der Waals surface area contributed by atoms with Crippen molar-refractivity contribution in [1.29, 1.82) is 0 Å². The van der Waals surface area contributed by atoms with Crippen LogP contribution in [-0.2, 0) is 11.2 Å². The molecule has 1 heterocycles. The molecule has 0 bridgehead atoms. The number of aromatic amines is 1. The van der Waals surface area contributed by atoms with Gasteiger partial charge in [-0.2, -0.15) is 0 Å². The van der Waals surface area contributed by atoms with Crippen LogP contribution in [0.2, 0.25) is 0 Å². The molecule has 0 aliphatic carbocycles. The molecule has 1 aromatic heterocycles. The Balaban J connectivity index is 2.20. The SMILES string of the molecule is C#CCC(NC(=O)NCCCc1ncc[nH]1)C(=O)O. The number of aryl methyl sites for hydroxylation is 1. The Morgan fingerprint density at radius 2 is 2.37 bits per heavy atom. The lowest BCUT2D eigenvalue weighted by Gasteiger charge is -2.12. The Morgan fingerprint density at radius 3 is 2.95 bits per heavy atom. The minimum atomic E-state index is -1.15. The minimum absolute atomic E-state index is 0.0465. The van der Waals surface area contributed by atoms with E-state index in [1.165, 1.54) is 0 Å². The summed E-state index contributed by atoms with van der Waals surface area (Å²) in [6, 6.07) is -1.60. The van der Waals surface area contributed by atoms with E-state index in [2.05, 4.69) is 26.5 Å². The molecule has 1 aromatic rings.